The first-order chi connectivity index (χ1) is 8.95. The summed E-state index contributed by atoms with van der Waals surface area (Å²) in [4.78, 5) is 0. The first-order valence-corrected chi connectivity index (χ1v) is 6.69. The van der Waals surface area contributed by atoms with E-state index < -0.39 is 0 Å². The molecule has 0 aromatic carbocycles. The zero-order chi connectivity index (χ0) is 12.5. The van der Waals surface area contributed by atoms with Crippen LogP contribution >= 0.6 is 0 Å². The predicted octanol–water partition coefficient (Wildman–Crippen LogP) is 4.38. The SMILES string of the molecule is C1=CC(C/C=N/N=C/CC2=CCCC=C2)=CCC1. The highest BCUT2D eigenvalue weighted by Crippen LogP contribution is 2.12. The van der Waals surface area contributed by atoms with Crippen LogP contribution in [0.2, 0.25) is 0 Å². The standard InChI is InChI=1S/C16H20N2/c1-3-7-15(8-4-1)11-13-17-18-14-12-16-9-5-2-6-10-16/h3,5,7-10,13-14H,1-2,4,6,11-12H2/b17-13+,18-14+. The molecule has 0 aromatic heterocycles. The molecule has 0 unspecified atom stereocenters. The topological polar surface area (TPSA) is 24.7 Å². The van der Waals surface area contributed by atoms with Crippen LogP contribution in [-0.2, 0) is 0 Å². The van der Waals surface area contributed by atoms with Crippen LogP contribution in [0.1, 0.15) is 38.5 Å². The van der Waals surface area contributed by atoms with Crippen LogP contribution in [0.5, 0.6) is 0 Å². The van der Waals surface area contributed by atoms with E-state index in [9.17, 15) is 0 Å². The Hall–Kier alpha value is -1.70. The van der Waals surface area contributed by atoms with E-state index in [4.69, 9.17) is 0 Å². The summed E-state index contributed by atoms with van der Waals surface area (Å²) in [6.45, 7) is 0. The Balaban J connectivity index is 1.67. The van der Waals surface area contributed by atoms with Crippen molar-refractivity contribution in [3.05, 3.63) is 47.6 Å². The van der Waals surface area contributed by atoms with Gasteiger partial charge in [0.25, 0.3) is 0 Å². The zero-order valence-corrected chi connectivity index (χ0v) is 10.8. The highest BCUT2D eigenvalue weighted by atomic mass is 15.2. The van der Waals surface area contributed by atoms with E-state index >= 15 is 0 Å². The number of allylic oxidation sites excluding steroid dienone is 8. The third-order valence-corrected chi connectivity index (χ3v) is 3.03. The molecule has 0 spiro atoms. The third kappa shape index (κ3) is 4.66. The largest absolute Gasteiger partial charge is 0.164 e. The van der Waals surface area contributed by atoms with Crippen LogP contribution in [0.25, 0.3) is 0 Å². The Labute approximate surface area is 109 Å². The van der Waals surface area contributed by atoms with Crippen LogP contribution in [0.4, 0.5) is 0 Å². The zero-order valence-electron chi connectivity index (χ0n) is 10.8. The average molecular weight is 240 g/mol. The van der Waals surface area contributed by atoms with Gasteiger partial charge in [0.05, 0.1) is 0 Å². The summed E-state index contributed by atoms with van der Waals surface area (Å²) < 4.78 is 0. The molecule has 2 rings (SSSR count). The van der Waals surface area contributed by atoms with Gasteiger partial charge in [-0.3, -0.25) is 0 Å². The summed E-state index contributed by atoms with van der Waals surface area (Å²) in [6.07, 6.45) is 23.5. The Morgan fingerprint density at radius 2 is 1.28 bits per heavy atom. The van der Waals surface area contributed by atoms with Gasteiger partial charge in [-0.05, 0) is 36.8 Å². The lowest BCUT2D eigenvalue weighted by Crippen LogP contribution is -1.87. The van der Waals surface area contributed by atoms with Gasteiger partial charge in [0.1, 0.15) is 0 Å². The van der Waals surface area contributed by atoms with Crippen molar-refractivity contribution in [3.63, 3.8) is 0 Å². The molecule has 0 radical (unpaired) electrons. The molecular weight excluding hydrogens is 220 g/mol. The van der Waals surface area contributed by atoms with E-state index in [0.717, 1.165) is 25.7 Å². The summed E-state index contributed by atoms with van der Waals surface area (Å²) in [7, 11) is 0. The second-order valence-electron chi connectivity index (χ2n) is 4.52. The minimum atomic E-state index is 0.885. The summed E-state index contributed by atoms with van der Waals surface area (Å²) in [5.74, 6) is 0. The van der Waals surface area contributed by atoms with Gasteiger partial charge in [0.15, 0.2) is 0 Å². The Morgan fingerprint density at radius 3 is 1.67 bits per heavy atom. The van der Waals surface area contributed by atoms with Crippen LogP contribution < -0.4 is 0 Å². The molecule has 2 aliphatic rings. The average Bonchev–Trinajstić information content (AvgIpc) is 2.45. The van der Waals surface area contributed by atoms with Crippen molar-refractivity contribution in [1.82, 2.24) is 0 Å². The van der Waals surface area contributed by atoms with Crippen molar-refractivity contribution in [2.45, 2.75) is 38.5 Å². The number of hydrogen-bond acceptors (Lipinski definition) is 2. The molecular formula is C16H20N2. The van der Waals surface area contributed by atoms with Gasteiger partial charge in [-0.25, -0.2) is 0 Å². The summed E-state index contributed by atoms with van der Waals surface area (Å²) in [5, 5.41) is 8.14. The third-order valence-electron chi connectivity index (χ3n) is 3.03. The second-order valence-corrected chi connectivity index (χ2v) is 4.52. The highest BCUT2D eigenvalue weighted by molar-refractivity contribution is 5.66. The first kappa shape index (κ1) is 12.7. The molecule has 0 N–H and O–H groups in total. The molecule has 0 fully saturated rings. The van der Waals surface area contributed by atoms with Gasteiger partial charge >= 0.3 is 0 Å². The molecule has 0 saturated heterocycles. The van der Waals surface area contributed by atoms with Crippen LogP contribution in [0.3, 0.4) is 0 Å². The van der Waals surface area contributed by atoms with Crippen LogP contribution in [0.15, 0.2) is 57.8 Å². The minimum Gasteiger partial charge on any atom is -0.164 e. The molecule has 2 aliphatic carbocycles. The molecule has 2 nitrogen and oxygen atoms in total. The maximum absolute atomic E-state index is 4.07. The Morgan fingerprint density at radius 1 is 0.778 bits per heavy atom. The fourth-order valence-electron chi connectivity index (χ4n) is 2.02. The molecule has 18 heavy (non-hydrogen) atoms. The number of rotatable bonds is 5. The quantitative estimate of drug-likeness (QED) is 0.503. The predicted molar refractivity (Wildman–Crippen MR) is 79.1 cm³/mol. The summed E-state index contributed by atoms with van der Waals surface area (Å²) in [6, 6.07) is 0. The van der Waals surface area contributed by atoms with Gasteiger partial charge in [-0.2, -0.15) is 10.2 Å². The number of hydrogen-bond donors (Lipinski definition) is 0. The Kier molecular flexibility index (Phi) is 5.38. The second kappa shape index (κ2) is 7.59. The van der Waals surface area contributed by atoms with Gasteiger partial charge in [0.2, 0.25) is 0 Å². The van der Waals surface area contributed by atoms with Crippen molar-refractivity contribution < 1.29 is 0 Å². The summed E-state index contributed by atoms with van der Waals surface area (Å²) in [5.41, 5.74) is 2.69. The van der Waals surface area contributed by atoms with Crippen molar-refractivity contribution in [1.29, 1.82) is 0 Å². The Bertz CT molecular complexity index is 392. The molecule has 0 saturated carbocycles. The normalized spacial score (nSPS) is 19.6. The smallest absolute Gasteiger partial charge is 0.0313 e. The van der Waals surface area contributed by atoms with Crippen molar-refractivity contribution in [2.24, 2.45) is 10.2 Å². The molecule has 0 bridgehead atoms. The van der Waals surface area contributed by atoms with E-state index in [1.807, 2.05) is 12.4 Å². The van der Waals surface area contributed by atoms with Crippen molar-refractivity contribution >= 4 is 12.4 Å². The van der Waals surface area contributed by atoms with Crippen LogP contribution in [-0.4, -0.2) is 12.4 Å². The van der Waals surface area contributed by atoms with Crippen molar-refractivity contribution in [2.75, 3.05) is 0 Å². The maximum atomic E-state index is 4.07. The molecule has 2 heteroatoms. The van der Waals surface area contributed by atoms with E-state index in [-0.39, 0.29) is 0 Å². The van der Waals surface area contributed by atoms with E-state index in [1.54, 1.807) is 0 Å². The van der Waals surface area contributed by atoms with Crippen LogP contribution in [0, 0.1) is 0 Å². The molecule has 0 amide bonds. The van der Waals surface area contributed by atoms with Gasteiger partial charge in [0, 0.05) is 25.3 Å². The lowest BCUT2D eigenvalue weighted by Gasteiger charge is -2.02. The van der Waals surface area contributed by atoms with Gasteiger partial charge in [-0.15, -0.1) is 0 Å². The summed E-state index contributed by atoms with van der Waals surface area (Å²) >= 11 is 0. The lowest BCUT2D eigenvalue weighted by molar-refractivity contribution is 1.01. The van der Waals surface area contributed by atoms with E-state index in [1.165, 1.54) is 24.0 Å². The molecule has 0 heterocycles. The highest BCUT2D eigenvalue weighted by Gasteiger charge is 1.95. The molecule has 0 aromatic rings. The molecule has 0 atom stereocenters. The minimum absolute atomic E-state index is 0.885. The van der Waals surface area contributed by atoms with E-state index in [0.29, 0.717) is 0 Å². The maximum Gasteiger partial charge on any atom is 0.0313 e. The molecule has 0 aliphatic heterocycles. The lowest BCUT2D eigenvalue weighted by atomic mass is 10.1. The fourth-order valence-corrected chi connectivity index (χ4v) is 2.02. The van der Waals surface area contributed by atoms with Gasteiger partial charge < -0.3 is 0 Å². The number of nitrogens with zero attached hydrogens (tertiary/aromatic N) is 2. The monoisotopic (exact) mass is 240 g/mol. The first-order valence-electron chi connectivity index (χ1n) is 6.69. The molecule has 94 valence electrons. The van der Waals surface area contributed by atoms with Gasteiger partial charge in [-0.1, -0.05) is 36.5 Å². The van der Waals surface area contributed by atoms with Crippen molar-refractivity contribution in [3.8, 4) is 0 Å². The van der Waals surface area contributed by atoms with E-state index in [2.05, 4.69) is 46.7 Å². The fraction of sp³-hybridized carbons (Fsp3) is 0.375.